The van der Waals surface area contributed by atoms with Crippen LogP contribution in [-0.2, 0) is 0 Å². The fourth-order valence-corrected chi connectivity index (χ4v) is 2.60. The van der Waals surface area contributed by atoms with Crippen LogP contribution >= 0.6 is 0 Å². The predicted molar refractivity (Wildman–Crippen MR) is 96.0 cm³/mol. The van der Waals surface area contributed by atoms with Crippen molar-refractivity contribution in [3.8, 4) is 22.9 Å². The molecule has 0 aliphatic carbocycles. The number of aliphatic imine (C=N–C) groups is 1. The lowest BCUT2D eigenvalue weighted by molar-refractivity contribution is -0.274. The third kappa shape index (κ3) is 4.14. The Morgan fingerprint density at radius 1 is 1.19 bits per heavy atom. The van der Waals surface area contributed by atoms with Gasteiger partial charge in [0.05, 0.1) is 17.8 Å². The Morgan fingerprint density at radius 3 is 2.42 bits per heavy atom. The largest absolute Gasteiger partial charge is 0.573 e. The highest BCUT2D eigenvalue weighted by molar-refractivity contribution is 5.94. The summed E-state index contributed by atoms with van der Waals surface area (Å²) in [6.07, 6.45) is -3.05. The predicted octanol–water partition coefficient (Wildman–Crippen LogP) is 5.59. The van der Waals surface area contributed by atoms with E-state index in [1.807, 2.05) is 19.9 Å². The van der Waals surface area contributed by atoms with Crippen molar-refractivity contribution in [2.24, 2.45) is 4.99 Å². The highest BCUT2D eigenvalue weighted by atomic mass is 19.4. The Morgan fingerprint density at radius 2 is 1.85 bits per heavy atom. The Kier molecular flexibility index (Phi) is 5.88. The molecule has 1 heterocycles. The van der Waals surface area contributed by atoms with Crippen LogP contribution in [-0.4, -0.2) is 19.1 Å². The third-order valence-corrected chi connectivity index (χ3v) is 3.60. The first-order valence-electron chi connectivity index (χ1n) is 8.09. The number of alkyl halides is 3. The molecule has 1 aliphatic rings. The molecule has 0 bridgehead atoms. The zero-order chi connectivity index (χ0) is 19.3. The number of hydrogen-bond donors (Lipinski definition) is 1. The van der Waals surface area contributed by atoms with Gasteiger partial charge >= 0.3 is 6.36 Å². The second kappa shape index (κ2) is 7.91. The van der Waals surface area contributed by atoms with E-state index < -0.39 is 6.36 Å². The average Bonchev–Trinajstić information content (AvgIpc) is 2.62. The van der Waals surface area contributed by atoms with Crippen molar-refractivity contribution >= 4 is 17.6 Å². The van der Waals surface area contributed by atoms with Gasteiger partial charge < -0.3 is 10.1 Å². The second-order valence-corrected chi connectivity index (χ2v) is 5.22. The molecule has 0 aromatic heterocycles. The first kappa shape index (κ1) is 19.3. The zero-order valence-electron chi connectivity index (χ0n) is 14.6. The molecule has 7 heteroatoms. The van der Waals surface area contributed by atoms with Crippen LogP contribution in [0.5, 0.6) is 5.75 Å². The summed E-state index contributed by atoms with van der Waals surface area (Å²) >= 11 is 0. The Balaban J connectivity index is 0.00000117. The maximum Gasteiger partial charge on any atom is 0.573 e. The maximum absolute atomic E-state index is 12.2. The molecule has 0 spiro atoms. The van der Waals surface area contributed by atoms with Crippen molar-refractivity contribution in [2.75, 3.05) is 11.9 Å². The quantitative estimate of drug-likeness (QED) is 0.759. The molecular weight excluding hydrogens is 343 g/mol. The number of anilines is 1. The molecule has 2 aromatic rings. The first-order chi connectivity index (χ1) is 12.4. The van der Waals surface area contributed by atoms with Crippen LogP contribution in [0.25, 0.3) is 11.1 Å². The van der Waals surface area contributed by atoms with Crippen LogP contribution in [0.1, 0.15) is 25.0 Å². The van der Waals surface area contributed by atoms with Gasteiger partial charge in [-0.1, -0.05) is 26.0 Å². The smallest absolute Gasteiger partial charge is 0.406 e. The Bertz CT molecular complexity index is 850. The van der Waals surface area contributed by atoms with E-state index in [1.54, 1.807) is 25.3 Å². The molecule has 0 saturated carbocycles. The summed E-state index contributed by atoms with van der Waals surface area (Å²) in [5.41, 5.74) is 3.96. The number of nitrogens with zero attached hydrogens (tertiary/aromatic N) is 2. The molecular formula is C19H18F3N3O. The molecule has 3 rings (SSSR count). The van der Waals surface area contributed by atoms with E-state index in [9.17, 15) is 18.4 Å². The molecule has 0 unspecified atom stereocenters. The molecule has 0 atom stereocenters. The van der Waals surface area contributed by atoms with E-state index in [-0.39, 0.29) is 5.75 Å². The number of hydrogen-bond acceptors (Lipinski definition) is 4. The fourth-order valence-electron chi connectivity index (χ4n) is 2.60. The number of aryl methyl sites for hydroxylation is 1. The van der Waals surface area contributed by atoms with E-state index >= 15 is 0 Å². The number of rotatable bonds is 2. The van der Waals surface area contributed by atoms with Gasteiger partial charge in [-0.25, -0.2) is 0 Å². The van der Waals surface area contributed by atoms with Gasteiger partial charge in [0.25, 0.3) is 0 Å². The number of nitrogens with one attached hydrogen (secondary N) is 1. The molecule has 0 amide bonds. The van der Waals surface area contributed by atoms with Crippen LogP contribution in [0.15, 0.2) is 35.3 Å². The van der Waals surface area contributed by atoms with Gasteiger partial charge in [-0.2, -0.15) is 5.26 Å². The number of halogens is 3. The molecule has 136 valence electrons. The minimum absolute atomic E-state index is 0.281. The number of benzene rings is 2. The summed E-state index contributed by atoms with van der Waals surface area (Å²) in [6.45, 7) is 6.32. The van der Waals surface area contributed by atoms with Crippen molar-refractivity contribution in [1.29, 1.82) is 5.26 Å². The molecule has 2 aromatic carbocycles. The molecule has 0 radical (unpaired) electrons. The van der Waals surface area contributed by atoms with E-state index in [0.717, 1.165) is 11.1 Å². The van der Waals surface area contributed by atoms with Gasteiger partial charge in [-0.3, -0.25) is 4.99 Å². The van der Waals surface area contributed by atoms with Gasteiger partial charge in [-0.05, 0) is 36.2 Å². The number of ether oxygens (including phenoxy) is 1. The monoisotopic (exact) mass is 361 g/mol. The zero-order valence-corrected chi connectivity index (χ0v) is 14.6. The van der Waals surface area contributed by atoms with Crippen molar-refractivity contribution in [1.82, 2.24) is 0 Å². The van der Waals surface area contributed by atoms with Crippen LogP contribution in [0.3, 0.4) is 0 Å². The molecule has 26 heavy (non-hydrogen) atoms. The fraction of sp³-hybridized carbons (Fsp3) is 0.263. The SMILES string of the molecule is CC.Cc1cc(-c2ccc(OC(F)(F)F)cc2)c2c(c1C#N)N=CCN2. The Hall–Kier alpha value is -3.01. The standard InChI is InChI=1S/C17H12F3N3O.C2H6/c1-10-8-13(15-16(14(10)9-21)23-7-6-22-15)11-2-4-12(5-3-11)24-17(18,19)20;1-2/h2-5,7-8,22H,6H2,1H3;1-2H3. The molecule has 4 nitrogen and oxygen atoms in total. The summed E-state index contributed by atoms with van der Waals surface area (Å²) in [4.78, 5) is 4.29. The summed E-state index contributed by atoms with van der Waals surface area (Å²) in [5.74, 6) is -0.281. The van der Waals surface area contributed by atoms with Gasteiger partial charge in [0, 0.05) is 11.8 Å². The van der Waals surface area contributed by atoms with Crippen molar-refractivity contribution in [3.63, 3.8) is 0 Å². The first-order valence-corrected chi connectivity index (χ1v) is 8.09. The lowest BCUT2D eigenvalue weighted by atomic mass is 9.95. The summed E-state index contributed by atoms with van der Waals surface area (Å²) < 4.78 is 40.6. The van der Waals surface area contributed by atoms with E-state index in [1.165, 1.54) is 12.1 Å². The number of nitriles is 1. The lowest BCUT2D eigenvalue weighted by Gasteiger charge is -2.20. The van der Waals surface area contributed by atoms with Gasteiger partial charge in [-0.15, -0.1) is 13.2 Å². The van der Waals surface area contributed by atoms with Gasteiger partial charge in [0.15, 0.2) is 0 Å². The Labute approximate surface area is 149 Å². The molecule has 0 saturated heterocycles. The van der Waals surface area contributed by atoms with Crippen LogP contribution in [0.2, 0.25) is 0 Å². The normalized spacial score (nSPS) is 12.2. The molecule has 1 N–H and O–H groups in total. The van der Waals surface area contributed by atoms with Crippen LogP contribution < -0.4 is 10.1 Å². The average molecular weight is 361 g/mol. The highest BCUT2D eigenvalue weighted by Crippen LogP contribution is 2.41. The van der Waals surface area contributed by atoms with E-state index in [4.69, 9.17) is 0 Å². The topological polar surface area (TPSA) is 57.4 Å². The van der Waals surface area contributed by atoms with Crippen molar-refractivity contribution < 1.29 is 17.9 Å². The van der Waals surface area contributed by atoms with Crippen molar-refractivity contribution in [3.05, 3.63) is 41.5 Å². The maximum atomic E-state index is 12.2. The van der Waals surface area contributed by atoms with Crippen molar-refractivity contribution in [2.45, 2.75) is 27.1 Å². The number of fused-ring (bicyclic) bond motifs is 1. The third-order valence-electron chi connectivity index (χ3n) is 3.60. The second-order valence-electron chi connectivity index (χ2n) is 5.22. The lowest BCUT2D eigenvalue weighted by Crippen LogP contribution is -2.16. The highest BCUT2D eigenvalue weighted by Gasteiger charge is 2.31. The van der Waals surface area contributed by atoms with Crippen LogP contribution in [0, 0.1) is 18.3 Å². The molecule has 1 aliphatic heterocycles. The summed E-state index contributed by atoms with van der Waals surface area (Å²) in [7, 11) is 0. The summed E-state index contributed by atoms with van der Waals surface area (Å²) in [6, 6.07) is 9.57. The minimum atomic E-state index is -4.72. The van der Waals surface area contributed by atoms with Crippen LogP contribution in [0.4, 0.5) is 24.5 Å². The van der Waals surface area contributed by atoms with E-state index in [2.05, 4.69) is 21.1 Å². The van der Waals surface area contributed by atoms with Gasteiger partial charge in [0.2, 0.25) is 0 Å². The summed E-state index contributed by atoms with van der Waals surface area (Å²) in [5, 5.41) is 12.5. The minimum Gasteiger partial charge on any atom is -0.406 e. The van der Waals surface area contributed by atoms with E-state index in [0.29, 0.717) is 29.0 Å². The van der Waals surface area contributed by atoms with Gasteiger partial charge in [0.1, 0.15) is 17.5 Å². The molecule has 0 fully saturated rings.